The molecule has 4 nitrogen and oxygen atoms in total. The predicted octanol–water partition coefficient (Wildman–Crippen LogP) is 0.566. The Morgan fingerprint density at radius 1 is 1.44 bits per heavy atom. The van der Waals surface area contributed by atoms with Gasteiger partial charge in [0.2, 0.25) is 5.91 Å². The van der Waals surface area contributed by atoms with E-state index < -0.39 is 11.9 Å². The standard InChI is InChI=1S/C13H18FN3O/c1-9-2-3-10(8-11(9)14)12(13(15)18)17-6-4-16-5-7-17/h2-3,8,12,16H,4-7H2,1H3,(H2,15,18). The van der Waals surface area contributed by atoms with Gasteiger partial charge in [0, 0.05) is 26.2 Å². The molecule has 1 unspecified atom stereocenters. The van der Waals surface area contributed by atoms with Gasteiger partial charge < -0.3 is 11.1 Å². The first-order valence-corrected chi connectivity index (χ1v) is 6.09. The van der Waals surface area contributed by atoms with Crippen LogP contribution in [0.1, 0.15) is 17.2 Å². The van der Waals surface area contributed by atoms with Crippen LogP contribution >= 0.6 is 0 Å². The average Bonchev–Trinajstić information content (AvgIpc) is 2.35. The smallest absolute Gasteiger partial charge is 0.239 e. The van der Waals surface area contributed by atoms with Crippen LogP contribution in [0.5, 0.6) is 0 Å². The van der Waals surface area contributed by atoms with Crippen LogP contribution in [0, 0.1) is 12.7 Å². The second kappa shape index (κ2) is 5.46. The fourth-order valence-corrected chi connectivity index (χ4v) is 2.27. The van der Waals surface area contributed by atoms with Crippen molar-refractivity contribution in [3.8, 4) is 0 Å². The molecule has 98 valence electrons. The van der Waals surface area contributed by atoms with Crippen molar-refractivity contribution in [1.82, 2.24) is 10.2 Å². The number of halogens is 1. The first kappa shape index (κ1) is 13.0. The van der Waals surface area contributed by atoms with Crippen LogP contribution in [0.4, 0.5) is 4.39 Å². The number of carbonyl (C=O) groups excluding carboxylic acids is 1. The molecule has 1 heterocycles. The molecule has 1 amide bonds. The molecule has 18 heavy (non-hydrogen) atoms. The second-order valence-corrected chi connectivity index (χ2v) is 4.60. The third-order valence-electron chi connectivity index (χ3n) is 3.30. The molecule has 0 aromatic heterocycles. The number of aryl methyl sites for hydroxylation is 1. The Balaban J connectivity index is 2.28. The van der Waals surface area contributed by atoms with Gasteiger partial charge >= 0.3 is 0 Å². The van der Waals surface area contributed by atoms with Crippen LogP contribution in [0.15, 0.2) is 18.2 Å². The minimum Gasteiger partial charge on any atom is -0.368 e. The Labute approximate surface area is 106 Å². The summed E-state index contributed by atoms with van der Waals surface area (Å²) < 4.78 is 13.6. The molecule has 0 bridgehead atoms. The maximum absolute atomic E-state index is 13.6. The van der Waals surface area contributed by atoms with Crippen LogP contribution in [-0.2, 0) is 4.79 Å². The topological polar surface area (TPSA) is 58.4 Å². The van der Waals surface area contributed by atoms with Gasteiger partial charge in [-0.05, 0) is 24.1 Å². The number of amides is 1. The summed E-state index contributed by atoms with van der Waals surface area (Å²) in [5.74, 6) is -0.728. The number of nitrogens with zero attached hydrogens (tertiary/aromatic N) is 1. The Morgan fingerprint density at radius 3 is 2.67 bits per heavy atom. The molecule has 1 fully saturated rings. The van der Waals surface area contributed by atoms with Crippen LogP contribution in [-0.4, -0.2) is 37.0 Å². The molecule has 5 heteroatoms. The summed E-state index contributed by atoms with van der Waals surface area (Å²) in [7, 11) is 0. The third kappa shape index (κ3) is 2.68. The lowest BCUT2D eigenvalue weighted by Gasteiger charge is -2.33. The van der Waals surface area contributed by atoms with Crippen LogP contribution in [0.3, 0.4) is 0 Å². The highest BCUT2D eigenvalue weighted by molar-refractivity contribution is 5.81. The fraction of sp³-hybridized carbons (Fsp3) is 0.462. The number of primary amides is 1. The fourth-order valence-electron chi connectivity index (χ4n) is 2.27. The van der Waals surface area contributed by atoms with Gasteiger partial charge in [-0.1, -0.05) is 12.1 Å². The van der Waals surface area contributed by atoms with Gasteiger partial charge in [0.05, 0.1) is 0 Å². The quantitative estimate of drug-likeness (QED) is 0.825. The summed E-state index contributed by atoms with van der Waals surface area (Å²) in [4.78, 5) is 13.6. The molecule has 1 atom stereocenters. The average molecular weight is 251 g/mol. The first-order chi connectivity index (χ1) is 8.59. The lowest BCUT2D eigenvalue weighted by molar-refractivity contribution is -0.123. The molecule has 1 aromatic carbocycles. The maximum atomic E-state index is 13.6. The number of nitrogens with two attached hydrogens (primary N) is 1. The van der Waals surface area contributed by atoms with Crippen molar-refractivity contribution < 1.29 is 9.18 Å². The zero-order valence-corrected chi connectivity index (χ0v) is 10.4. The Hall–Kier alpha value is -1.46. The predicted molar refractivity (Wildman–Crippen MR) is 67.5 cm³/mol. The summed E-state index contributed by atoms with van der Waals surface area (Å²) >= 11 is 0. The summed E-state index contributed by atoms with van der Waals surface area (Å²) in [5, 5.41) is 3.21. The van der Waals surface area contributed by atoms with Gasteiger partial charge in [-0.15, -0.1) is 0 Å². The van der Waals surface area contributed by atoms with E-state index >= 15 is 0 Å². The van der Waals surface area contributed by atoms with Crippen molar-refractivity contribution in [2.24, 2.45) is 5.73 Å². The summed E-state index contributed by atoms with van der Waals surface area (Å²) in [6.07, 6.45) is 0. The Bertz CT molecular complexity index is 444. The lowest BCUT2D eigenvalue weighted by Crippen LogP contribution is -2.48. The van der Waals surface area contributed by atoms with E-state index in [2.05, 4.69) is 5.32 Å². The SMILES string of the molecule is Cc1ccc(C(C(N)=O)N2CCNCC2)cc1F. The number of piperazine rings is 1. The largest absolute Gasteiger partial charge is 0.368 e. The van der Waals surface area contributed by atoms with E-state index in [1.165, 1.54) is 6.07 Å². The second-order valence-electron chi connectivity index (χ2n) is 4.60. The number of hydrogen-bond acceptors (Lipinski definition) is 3. The monoisotopic (exact) mass is 251 g/mol. The van der Waals surface area contributed by atoms with Gasteiger partial charge in [0.25, 0.3) is 0 Å². The molecule has 1 aliphatic rings. The van der Waals surface area contributed by atoms with Crippen molar-refractivity contribution in [3.63, 3.8) is 0 Å². The van der Waals surface area contributed by atoms with Crippen molar-refractivity contribution in [1.29, 1.82) is 0 Å². The number of benzene rings is 1. The normalized spacial score (nSPS) is 18.6. The van der Waals surface area contributed by atoms with Gasteiger partial charge in [-0.25, -0.2) is 4.39 Å². The van der Waals surface area contributed by atoms with E-state index in [1.807, 2.05) is 4.90 Å². The van der Waals surface area contributed by atoms with Crippen molar-refractivity contribution in [2.75, 3.05) is 26.2 Å². The molecule has 2 rings (SSSR count). The zero-order valence-electron chi connectivity index (χ0n) is 10.4. The molecular formula is C13H18FN3O. The molecule has 3 N–H and O–H groups in total. The van der Waals surface area contributed by atoms with E-state index in [0.29, 0.717) is 11.1 Å². The summed E-state index contributed by atoms with van der Waals surface area (Å²) in [6.45, 7) is 4.81. The van der Waals surface area contributed by atoms with E-state index in [1.54, 1.807) is 19.1 Å². The first-order valence-electron chi connectivity index (χ1n) is 6.09. The van der Waals surface area contributed by atoms with Crippen molar-refractivity contribution in [3.05, 3.63) is 35.1 Å². The van der Waals surface area contributed by atoms with Gasteiger partial charge in [0.1, 0.15) is 11.9 Å². The number of rotatable bonds is 3. The summed E-state index contributed by atoms with van der Waals surface area (Å²) in [6, 6.07) is 4.33. The third-order valence-corrected chi connectivity index (χ3v) is 3.30. The van der Waals surface area contributed by atoms with Crippen LogP contribution in [0.2, 0.25) is 0 Å². The van der Waals surface area contributed by atoms with E-state index in [0.717, 1.165) is 26.2 Å². The molecule has 0 aliphatic carbocycles. The minimum atomic E-state index is -0.540. The molecule has 0 radical (unpaired) electrons. The molecule has 0 spiro atoms. The van der Waals surface area contributed by atoms with Gasteiger partial charge in [-0.2, -0.15) is 0 Å². The van der Waals surface area contributed by atoms with Crippen molar-refractivity contribution >= 4 is 5.91 Å². The Morgan fingerprint density at radius 2 is 2.11 bits per heavy atom. The van der Waals surface area contributed by atoms with E-state index in [9.17, 15) is 9.18 Å². The van der Waals surface area contributed by atoms with E-state index in [-0.39, 0.29) is 5.82 Å². The highest BCUT2D eigenvalue weighted by atomic mass is 19.1. The highest BCUT2D eigenvalue weighted by Gasteiger charge is 2.27. The number of nitrogens with one attached hydrogen (secondary N) is 1. The number of carbonyl (C=O) groups is 1. The van der Waals surface area contributed by atoms with Gasteiger partial charge in [-0.3, -0.25) is 9.69 Å². The van der Waals surface area contributed by atoms with Crippen molar-refractivity contribution in [2.45, 2.75) is 13.0 Å². The minimum absolute atomic E-state index is 0.297. The van der Waals surface area contributed by atoms with Crippen LogP contribution < -0.4 is 11.1 Å². The lowest BCUT2D eigenvalue weighted by atomic mass is 10.0. The molecule has 1 saturated heterocycles. The number of hydrogen-bond donors (Lipinski definition) is 2. The zero-order chi connectivity index (χ0) is 13.1. The van der Waals surface area contributed by atoms with Crippen LogP contribution in [0.25, 0.3) is 0 Å². The van der Waals surface area contributed by atoms with E-state index in [4.69, 9.17) is 5.73 Å². The molecule has 1 aromatic rings. The van der Waals surface area contributed by atoms with Gasteiger partial charge in [0.15, 0.2) is 0 Å². The molecule has 0 saturated carbocycles. The molecular weight excluding hydrogens is 233 g/mol. The maximum Gasteiger partial charge on any atom is 0.239 e. The molecule has 1 aliphatic heterocycles. The summed E-state index contributed by atoms with van der Waals surface area (Å²) in [5.41, 5.74) is 6.67. The Kier molecular flexibility index (Phi) is 3.93. The highest BCUT2D eigenvalue weighted by Crippen LogP contribution is 2.22.